The number of anilines is 1. The zero-order valence-electron chi connectivity index (χ0n) is 16.0. The number of benzene rings is 3. The maximum Gasteiger partial charge on any atom is 0.228 e. The van der Waals surface area contributed by atoms with Crippen LogP contribution in [0.1, 0.15) is 29.2 Å². The molecular formula is C24H25NO3. The quantitative estimate of drug-likeness (QED) is 0.608. The number of hydrogen-bond donors (Lipinski definition) is 2. The van der Waals surface area contributed by atoms with Gasteiger partial charge in [-0.2, -0.15) is 0 Å². The molecule has 4 nitrogen and oxygen atoms in total. The fraction of sp³-hybridized carbons (Fsp3) is 0.208. The van der Waals surface area contributed by atoms with Gasteiger partial charge < -0.3 is 15.2 Å². The molecule has 0 bridgehead atoms. The van der Waals surface area contributed by atoms with E-state index in [0.29, 0.717) is 12.2 Å². The average molecular weight is 375 g/mol. The van der Waals surface area contributed by atoms with E-state index in [9.17, 15) is 9.90 Å². The molecule has 4 heteroatoms. The van der Waals surface area contributed by atoms with Gasteiger partial charge in [0.25, 0.3) is 0 Å². The van der Waals surface area contributed by atoms with E-state index >= 15 is 0 Å². The first-order valence-electron chi connectivity index (χ1n) is 9.39. The van der Waals surface area contributed by atoms with Crippen molar-refractivity contribution in [3.05, 3.63) is 95.6 Å². The van der Waals surface area contributed by atoms with E-state index in [4.69, 9.17) is 4.74 Å². The van der Waals surface area contributed by atoms with Gasteiger partial charge in [-0.1, -0.05) is 60.7 Å². The standard InChI is InChI=1S/C24H25NO3/c1-28-23-13-6-5-11-20(23)17-24(27)25-21-12-7-8-18(16-21)14-15-22(26)19-9-3-2-4-10-19/h2-13,16,22,26H,14-15,17H2,1H3,(H,25,27)/t22-/m0/s1. The van der Waals surface area contributed by atoms with Gasteiger partial charge in [0, 0.05) is 11.3 Å². The molecule has 0 aromatic heterocycles. The summed E-state index contributed by atoms with van der Waals surface area (Å²) < 4.78 is 5.30. The molecule has 0 saturated carbocycles. The minimum Gasteiger partial charge on any atom is -0.496 e. The summed E-state index contributed by atoms with van der Waals surface area (Å²) in [5, 5.41) is 13.3. The zero-order valence-corrected chi connectivity index (χ0v) is 16.0. The first-order chi connectivity index (χ1) is 13.7. The van der Waals surface area contributed by atoms with E-state index in [1.54, 1.807) is 7.11 Å². The van der Waals surface area contributed by atoms with Crippen molar-refractivity contribution in [2.45, 2.75) is 25.4 Å². The third kappa shape index (κ3) is 5.44. The van der Waals surface area contributed by atoms with Crippen molar-refractivity contribution < 1.29 is 14.6 Å². The Bertz CT molecular complexity index is 908. The van der Waals surface area contributed by atoms with Gasteiger partial charge in [0.05, 0.1) is 19.6 Å². The van der Waals surface area contributed by atoms with Crippen LogP contribution in [0.4, 0.5) is 5.69 Å². The maximum atomic E-state index is 12.4. The molecule has 0 spiro atoms. The number of aliphatic hydroxyl groups is 1. The molecule has 28 heavy (non-hydrogen) atoms. The zero-order chi connectivity index (χ0) is 19.8. The summed E-state index contributed by atoms with van der Waals surface area (Å²) in [5.74, 6) is 0.618. The SMILES string of the molecule is COc1ccccc1CC(=O)Nc1cccc(CC[C@H](O)c2ccccc2)c1. The Kier molecular flexibility index (Phi) is 6.82. The highest BCUT2D eigenvalue weighted by molar-refractivity contribution is 5.92. The van der Waals surface area contributed by atoms with Crippen LogP contribution in [0.15, 0.2) is 78.9 Å². The minimum absolute atomic E-state index is 0.0917. The van der Waals surface area contributed by atoms with Crippen LogP contribution in [-0.2, 0) is 17.6 Å². The molecule has 0 heterocycles. The Balaban J connectivity index is 1.57. The third-order valence-electron chi connectivity index (χ3n) is 4.65. The Morgan fingerprint density at radius 1 is 1.00 bits per heavy atom. The number of aryl methyl sites for hydroxylation is 1. The number of carbonyl (C=O) groups excluding carboxylic acids is 1. The molecule has 0 fully saturated rings. The van der Waals surface area contributed by atoms with Gasteiger partial charge in [-0.25, -0.2) is 0 Å². The van der Waals surface area contributed by atoms with Crippen molar-refractivity contribution in [3.63, 3.8) is 0 Å². The van der Waals surface area contributed by atoms with Gasteiger partial charge in [-0.05, 0) is 42.2 Å². The Labute approximate surface area is 165 Å². The molecule has 0 aliphatic rings. The predicted octanol–water partition coefficient (Wildman–Crippen LogP) is 4.54. The summed E-state index contributed by atoms with van der Waals surface area (Å²) in [6.45, 7) is 0. The second kappa shape index (κ2) is 9.72. The molecule has 144 valence electrons. The number of methoxy groups -OCH3 is 1. The van der Waals surface area contributed by atoms with Crippen LogP contribution in [0.5, 0.6) is 5.75 Å². The van der Waals surface area contributed by atoms with Crippen molar-refractivity contribution in [1.29, 1.82) is 0 Å². The van der Waals surface area contributed by atoms with Crippen LogP contribution in [0, 0.1) is 0 Å². The second-order valence-electron chi connectivity index (χ2n) is 6.70. The average Bonchev–Trinajstić information content (AvgIpc) is 2.73. The number of amides is 1. The molecule has 0 saturated heterocycles. The van der Waals surface area contributed by atoms with Crippen LogP contribution in [0.3, 0.4) is 0 Å². The summed E-state index contributed by atoms with van der Waals surface area (Å²) in [7, 11) is 1.60. The van der Waals surface area contributed by atoms with Crippen molar-refractivity contribution in [1.82, 2.24) is 0 Å². The molecule has 0 unspecified atom stereocenters. The Morgan fingerprint density at radius 2 is 1.75 bits per heavy atom. The molecule has 1 amide bonds. The number of rotatable bonds is 8. The summed E-state index contributed by atoms with van der Waals surface area (Å²) >= 11 is 0. The topological polar surface area (TPSA) is 58.6 Å². The van der Waals surface area contributed by atoms with Gasteiger partial charge >= 0.3 is 0 Å². The predicted molar refractivity (Wildman–Crippen MR) is 111 cm³/mol. The third-order valence-corrected chi connectivity index (χ3v) is 4.65. The molecule has 0 aliphatic carbocycles. The molecule has 0 radical (unpaired) electrons. The smallest absolute Gasteiger partial charge is 0.228 e. The molecule has 1 atom stereocenters. The summed E-state index contributed by atoms with van der Waals surface area (Å²) in [6, 6.07) is 24.9. The van der Waals surface area contributed by atoms with E-state index in [0.717, 1.165) is 28.8 Å². The van der Waals surface area contributed by atoms with E-state index in [1.165, 1.54) is 0 Å². The second-order valence-corrected chi connectivity index (χ2v) is 6.70. The summed E-state index contributed by atoms with van der Waals surface area (Å²) in [6.07, 6.45) is 1.11. The lowest BCUT2D eigenvalue weighted by atomic mass is 10.0. The van der Waals surface area contributed by atoms with Gasteiger partial charge in [-0.3, -0.25) is 4.79 Å². The largest absolute Gasteiger partial charge is 0.496 e. The normalized spacial score (nSPS) is 11.6. The number of hydrogen-bond acceptors (Lipinski definition) is 3. The van der Waals surface area contributed by atoms with E-state index < -0.39 is 6.10 Å². The fourth-order valence-electron chi connectivity index (χ4n) is 3.18. The lowest BCUT2D eigenvalue weighted by Gasteiger charge is -2.12. The number of carbonyl (C=O) groups is 1. The Hall–Kier alpha value is -3.11. The number of ether oxygens (including phenoxy) is 1. The fourth-order valence-corrected chi connectivity index (χ4v) is 3.18. The first kappa shape index (κ1) is 19.6. The number of aliphatic hydroxyl groups excluding tert-OH is 1. The van der Waals surface area contributed by atoms with Crippen LogP contribution >= 0.6 is 0 Å². The van der Waals surface area contributed by atoms with Crippen LogP contribution in [0.25, 0.3) is 0 Å². The highest BCUT2D eigenvalue weighted by Crippen LogP contribution is 2.21. The van der Waals surface area contributed by atoms with Gasteiger partial charge in [0.2, 0.25) is 5.91 Å². The highest BCUT2D eigenvalue weighted by Gasteiger charge is 2.10. The van der Waals surface area contributed by atoms with Crippen LogP contribution < -0.4 is 10.1 Å². The molecule has 0 aliphatic heterocycles. The van der Waals surface area contributed by atoms with E-state index in [-0.39, 0.29) is 12.3 Å². The number of nitrogens with one attached hydrogen (secondary N) is 1. The van der Waals surface area contributed by atoms with Gasteiger partial charge in [0.1, 0.15) is 5.75 Å². The van der Waals surface area contributed by atoms with Crippen molar-refractivity contribution in [3.8, 4) is 5.75 Å². The lowest BCUT2D eigenvalue weighted by molar-refractivity contribution is -0.115. The van der Waals surface area contributed by atoms with Crippen molar-refractivity contribution >= 4 is 11.6 Å². The summed E-state index contributed by atoms with van der Waals surface area (Å²) in [5.41, 5.74) is 3.60. The van der Waals surface area contributed by atoms with Crippen LogP contribution in [-0.4, -0.2) is 18.1 Å². The first-order valence-corrected chi connectivity index (χ1v) is 9.39. The highest BCUT2D eigenvalue weighted by atomic mass is 16.5. The lowest BCUT2D eigenvalue weighted by Crippen LogP contribution is -2.15. The molecule has 3 rings (SSSR count). The molecular weight excluding hydrogens is 350 g/mol. The number of para-hydroxylation sites is 1. The van der Waals surface area contributed by atoms with Gasteiger partial charge in [0.15, 0.2) is 0 Å². The summed E-state index contributed by atoms with van der Waals surface area (Å²) in [4.78, 5) is 12.4. The van der Waals surface area contributed by atoms with Crippen molar-refractivity contribution in [2.75, 3.05) is 12.4 Å². The Morgan fingerprint density at radius 3 is 2.54 bits per heavy atom. The minimum atomic E-state index is -0.495. The van der Waals surface area contributed by atoms with Crippen molar-refractivity contribution in [2.24, 2.45) is 0 Å². The van der Waals surface area contributed by atoms with E-state index in [2.05, 4.69) is 5.32 Å². The maximum absolute atomic E-state index is 12.4. The van der Waals surface area contributed by atoms with Gasteiger partial charge in [-0.15, -0.1) is 0 Å². The van der Waals surface area contributed by atoms with Crippen LogP contribution in [0.2, 0.25) is 0 Å². The molecule has 3 aromatic carbocycles. The monoisotopic (exact) mass is 375 g/mol. The molecule has 3 aromatic rings. The van der Waals surface area contributed by atoms with E-state index in [1.807, 2.05) is 78.9 Å². The molecule has 2 N–H and O–H groups in total.